The van der Waals surface area contributed by atoms with Crippen molar-refractivity contribution in [1.29, 1.82) is 5.26 Å². The maximum Gasteiger partial charge on any atom is 0.284 e. The van der Waals surface area contributed by atoms with E-state index < -0.39 is 54.7 Å². The number of anilines is 2. The van der Waals surface area contributed by atoms with Crippen LogP contribution in [0.4, 0.5) is 33.3 Å². The number of alkyl halides is 4. The quantitative estimate of drug-likeness (QED) is 0.207. The third-order valence-electron chi connectivity index (χ3n) is 4.61. The monoisotopic (exact) mass is 534 g/mol. The summed E-state index contributed by atoms with van der Waals surface area (Å²) in [6, 6.07) is 3.02. The van der Waals surface area contributed by atoms with Crippen molar-refractivity contribution in [1.82, 2.24) is 0 Å². The molecule has 0 bridgehead atoms. The van der Waals surface area contributed by atoms with Gasteiger partial charge in [0.1, 0.15) is 18.4 Å². The fourth-order valence-electron chi connectivity index (χ4n) is 3.45. The topological polar surface area (TPSA) is 59.7 Å². The second-order valence-corrected chi connectivity index (χ2v) is 8.20. The van der Waals surface area contributed by atoms with Crippen LogP contribution >= 0.6 is 27.5 Å². The molecule has 0 aromatic heterocycles. The first-order valence-corrected chi connectivity index (χ1v) is 10.0. The van der Waals surface area contributed by atoms with E-state index in [4.69, 9.17) is 11.6 Å². The molecule has 2 aliphatic rings. The van der Waals surface area contributed by atoms with Crippen molar-refractivity contribution in [2.75, 3.05) is 29.4 Å². The lowest BCUT2D eigenvalue weighted by molar-refractivity contribution is 0.0186. The van der Waals surface area contributed by atoms with Gasteiger partial charge in [0.05, 0.1) is 35.6 Å². The van der Waals surface area contributed by atoms with Gasteiger partial charge in [0.25, 0.3) is 12.3 Å². The lowest BCUT2D eigenvalue weighted by atomic mass is 9.95. The fraction of sp³-hybridized carbons (Fsp3) is 0.250. The van der Waals surface area contributed by atoms with E-state index >= 15 is 0 Å². The first-order valence-electron chi connectivity index (χ1n) is 8.85. The predicted molar refractivity (Wildman–Crippen MR) is 114 cm³/mol. The predicted octanol–water partition coefficient (Wildman–Crippen LogP) is 5.56. The summed E-state index contributed by atoms with van der Waals surface area (Å²) >= 11 is 8.95. The minimum atomic E-state index is -3.30. The van der Waals surface area contributed by atoms with Gasteiger partial charge >= 0.3 is 0 Å². The first-order chi connectivity index (χ1) is 14.9. The van der Waals surface area contributed by atoms with Gasteiger partial charge in [-0.15, -0.1) is 0 Å². The molecule has 2 aliphatic heterocycles. The number of guanidine groups is 1. The van der Waals surface area contributed by atoms with Gasteiger partial charge in [0, 0.05) is 15.1 Å². The second-order valence-electron chi connectivity index (χ2n) is 6.89. The number of rotatable bonds is 6. The summed E-state index contributed by atoms with van der Waals surface area (Å²) in [4.78, 5) is 18.8. The van der Waals surface area contributed by atoms with Gasteiger partial charge in [-0.25, -0.2) is 26.9 Å². The maximum atomic E-state index is 14.1. The van der Waals surface area contributed by atoms with Crippen LogP contribution in [0.15, 0.2) is 51.2 Å². The summed E-state index contributed by atoms with van der Waals surface area (Å²) in [5, 5.41) is 9.49. The third-order valence-corrected chi connectivity index (χ3v) is 5.44. The number of halogens is 7. The first kappa shape index (κ1) is 23.9. The molecule has 0 unspecified atom stereocenters. The number of nitriles is 1. The number of hydrogen-bond acceptors (Lipinski definition) is 5. The Labute approximate surface area is 192 Å². The molecule has 0 amide bonds. The minimum absolute atomic E-state index is 0.00754. The second kappa shape index (κ2) is 8.67. The number of carbonyl (C=O) groups is 1. The van der Waals surface area contributed by atoms with E-state index in [-0.39, 0.29) is 32.4 Å². The van der Waals surface area contributed by atoms with Gasteiger partial charge in [-0.3, -0.25) is 4.79 Å². The van der Waals surface area contributed by atoms with Crippen LogP contribution < -0.4 is 9.80 Å². The third kappa shape index (κ3) is 4.29. The van der Waals surface area contributed by atoms with Crippen LogP contribution in [0.3, 0.4) is 0 Å². The largest absolute Gasteiger partial charge is 0.304 e. The van der Waals surface area contributed by atoms with Gasteiger partial charge in [0.15, 0.2) is 5.78 Å². The number of carbonyl (C=O) groups excluding carboxylic acids is 1. The summed E-state index contributed by atoms with van der Waals surface area (Å²) in [5.74, 6) is -5.44. The van der Waals surface area contributed by atoms with E-state index in [0.717, 1.165) is 9.80 Å². The Morgan fingerprint density at radius 2 is 2.09 bits per heavy atom. The van der Waals surface area contributed by atoms with E-state index in [1.807, 2.05) is 0 Å². The van der Waals surface area contributed by atoms with Crippen LogP contribution in [-0.4, -0.2) is 43.7 Å². The molecular weight excluding hydrogens is 523 g/mol. The highest BCUT2D eigenvalue weighted by Gasteiger charge is 2.47. The van der Waals surface area contributed by atoms with E-state index in [0.29, 0.717) is 6.08 Å². The molecule has 32 heavy (non-hydrogen) atoms. The smallest absolute Gasteiger partial charge is 0.284 e. The van der Waals surface area contributed by atoms with Crippen LogP contribution in [0.5, 0.6) is 0 Å². The zero-order valence-electron chi connectivity index (χ0n) is 16.1. The number of nitrogens with zero attached hydrogens (tertiary/aromatic N) is 4. The Morgan fingerprint density at radius 1 is 1.44 bits per heavy atom. The van der Waals surface area contributed by atoms with Crippen molar-refractivity contribution in [3.63, 3.8) is 0 Å². The van der Waals surface area contributed by atoms with E-state index in [9.17, 15) is 32.0 Å². The van der Waals surface area contributed by atoms with Crippen LogP contribution in [0.25, 0.3) is 0 Å². The molecule has 0 spiro atoms. The summed E-state index contributed by atoms with van der Waals surface area (Å²) < 4.78 is 68.1. The van der Waals surface area contributed by atoms with Crippen molar-refractivity contribution in [3.8, 4) is 6.07 Å². The standard InChI is InChI=1S/C20H13BrClF5N4O/c1-9(23)3-11(10(2)22)18(32)16-12(5-28)17-14(4-13(16)21)30(6-15(24)25)19-29-7-20(26,27)8-31(17)19/h3-4,15H,1-2,6-8H2/b11-3+. The molecule has 12 heteroatoms. The lowest BCUT2D eigenvalue weighted by Gasteiger charge is -2.31. The minimum Gasteiger partial charge on any atom is -0.304 e. The van der Waals surface area contributed by atoms with Gasteiger partial charge in [-0.05, 0) is 28.1 Å². The molecule has 0 N–H and O–H groups in total. The van der Waals surface area contributed by atoms with Gasteiger partial charge in [0.2, 0.25) is 5.96 Å². The highest BCUT2D eigenvalue weighted by atomic mass is 79.9. The van der Waals surface area contributed by atoms with Crippen molar-refractivity contribution in [2.45, 2.75) is 12.3 Å². The number of fused-ring (bicyclic) bond motifs is 3. The number of aliphatic imine (C=N–C) groups is 1. The van der Waals surface area contributed by atoms with E-state index in [1.54, 1.807) is 6.07 Å². The van der Waals surface area contributed by atoms with Crippen molar-refractivity contribution in [3.05, 3.63) is 57.3 Å². The molecule has 3 rings (SSSR count). The summed E-state index contributed by atoms with van der Waals surface area (Å²) in [5.41, 5.74) is -1.33. The highest BCUT2D eigenvalue weighted by Crippen LogP contribution is 2.47. The summed E-state index contributed by atoms with van der Waals surface area (Å²) in [6.07, 6.45) is -2.13. The van der Waals surface area contributed by atoms with Crippen molar-refractivity contribution < 1.29 is 26.7 Å². The molecule has 1 aromatic rings. The van der Waals surface area contributed by atoms with Crippen molar-refractivity contribution >= 4 is 50.6 Å². The molecule has 2 heterocycles. The van der Waals surface area contributed by atoms with Crippen molar-refractivity contribution in [2.24, 2.45) is 4.99 Å². The number of Topliss-reactive ketones (excluding diaryl/α,β-unsaturated/α-hetero) is 1. The number of hydrogen-bond donors (Lipinski definition) is 0. The van der Waals surface area contributed by atoms with Gasteiger partial charge in [-0.2, -0.15) is 5.26 Å². The Balaban J connectivity index is 2.29. The van der Waals surface area contributed by atoms with E-state index in [1.165, 1.54) is 6.07 Å². The molecule has 0 saturated carbocycles. The number of ketones is 1. The molecular formula is C20H13BrClF5N4O. The molecule has 0 fully saturated rings. The molecule has 0 saturated heterocycles. The Morgan fingerprint density at radius 3 is 2.62 bits per heavy atom. The van der Waals surface area contributed by atoms with E-state index in [2.05, 4.69) is 34.1 Å². The SMILES string of the molecule is C=C(F)/C=C(\C(=C)Cl)C(=O)c1c(Br)cc2c(c1C#N)N1CC(F)(F)CN=C1N2CC(F)F. The highest BCUT2D eigenvalue weighted by molar-refractivity contribution is 9.10. The number of benzene rings is 1. The molecule has 1 aromatic carbocycles. The van der Waals surface area contributed by atoms with Crippen LogP contribution in [0.2, 0.25) is 0 Å². The maximum absolute atomic E-state index is 14.1. The van der Waals surface area contributed by atoms with Crippen LogP contribution in [-0.2, 0) is 0 Å². The average Bonchev–Trinajstić information content (AvgIpc) is 2.95. The Bertz CT molecular complexity index is 1140. The van der Waals surface area contributed by atoms with Crippen LogP contribution in [0, 0.1) is 11.3 Å². The number of allylic oxidation sites excluding steroid dienone is 4. The zero-order valence-corrected chi connectivity index (χ0v) is 18.5. The van der Waals surface area contributed by atoms with Crippen LogP contribution in [0.1, 0.15) is 15.9 Å². The normalized spacial score (nSPS) is 17.0. The zero-order chi connectivity index (χ0) is 24.0. The molecule has 0 atom stereocenters. The fourth-order valence-corrected chi connectivity index (χ4v) is 4.19. The Kier molecular flexibility index (Phi) is 6.49. The molecule has 0 radical (unpaired) electrons. The summed E-state index contributed by atoms with van der Waals surface area (Å²) in [7, 11) is 0. The molecule has 168 valence electrons. The Hall–Kier alpha value is -2.71. The molecule has 5 nitrogen and oxygen atoms in total. The lowest BCUT2D eigenvalue weighted by Crippen LogP contribution is -2.51. The summed E-state index contributed by atoms with van der Waals surface area (Å²) in [6.45, 7) is 3.69. The van der Waals surface area contributed by atoms with Gasteiger partial charge < -0.3 is 9.80 Å². The average molecular weight is 536 g/mol. The molecule has 0 aliphatic carbocycles. The van der Waals surface area contributed by atoms with Gasteiger partial charge in [-0.1, -0.05) is 24.8 Å².